The number of aromatic nitrogens is 2. The lowest BCUT2D eigenvalue weighted by Crippen LogP contribution is -2.24. The van der Waals surface area contributed by atoms with E-state index >= 15 is 0 Å². The molecule has 0 aliphatic heterocycles. The minimum absolute atomic E-state index is 0.159. The highest BCUT2D eigenvalue weighted by Gasteiger charge is 2.20. The Bertz CT molecular complexity index is 973. The van der Waals surface area contributed by atoms with Gasteiger partial charge in [-0.1, -0.05) is 23.8 Å². The maximum absolute atomic E-state index is 12.7. The average molecular weight is 374 g/mol. The van der Waals surface area contributed by atoms with Gasteiger partial charge in [0, 0.05) is 11.6 Å². The summed E-state index contributed by atoms with van der Waals surface area (Å²) in [5, 5.41) is 2.58. The number of benzene rings is 1. The number of rotatable bonds is 5. The lowest BCUT2D eigenvalue weighted by Gasteiger charge is -2.12. The Kier molecular flexibility index (Phi) is 4.99. The van der Waals surface area contributed by atoms with E-state index in [-0.39, 0.29) is 6.54 Å². The number of aryl methyl sites for hydroxylation is 3. The van der Waals surface area contributed by atoms with Crippen LogP contribution in [0.5, 0.6) is 0 Å². The molecule has 7 heteroatoms. The number of nitrogens with zero attached hydrogens (tertiary/aromatic N) is 2. The second-order valence-electron chi connectivity index (χ2n) is 5.89. The minimum Gasteiger partial charge on any atom is -0.255 e. The molecule has 0 spiro atoms. The number of hydrogen-bond donors (Lipinski definition) is 1. The molecule has 25 heavy (non-hydrogen) atoms. The summed E-state index contributed by atoms with van der Waals surface area (Å²) in [5.41, 5.74) is 4.08. The van der Waals surface area contributed by atoms with Crippen molar-refractivity contribution in [1.82, 2.24) is 14.7 Å². The van der Waals surface area contributed by atoms with Crippen LogP contribution in [0.15, 0.2) is 46.8 Å². The maximum atomic E-state index is 12.7. The van der Waals surface area contributed by atoms with E-state index in [1.807, 2.05) is 56.5 Å². The Morgan fingerprint density at radius 3 is 2.44 bits per heavy atom. The van der Waals surface area contributed by atoms with Crippen molar-refractivity contribution in [2.75, 3.05) is 0 Å². The molecule has 3 rings (SSSR count). The van der Waals surface area contributed by atoms with E-state index in [1.165, 1.54) is 11.3 Å². The summed E-state index contributed by atoms with van der Waals surface area (Å²) in [6.07, 6.45) is 1.71. The molecule has 0 amide bonds. The van der Waals surface area contributed by atoms with E-state index in [4.69, 9.17) is 0 Å². The fraction of sp³-hybridized carbons (Fsp3) is 0.222. The van der Waals surface area contributed by atoms with Gasteiger partial charge in [-0.15, -0.1) is 11.3 Å². The Labute approximate surface area is 151 Å². The molecule has 0 saturated carbocycles. The van der Waals surface area contributed by atoms with Crippen molar-refractivity contribution in [3.63, 3.8) is 0 Å². The van der Waals surface area contributed by atoms with E-state index in [9.17, 15) is 8.42 Å². The van der Waals surface area contributed by atoms with Gasteiger partial charge in [-0.05, 0) is 44.0 Å². The van der Waals surface area contributed by atoms with Gasteiger partial charge in [-0.25, -0.2) is 18.1 Å². The molecule has 1 aromatic carbocycles. The van der Waals surface area contributed by atoms with Crippen molar-refractivity contribution < 1.29 is 8.42 Å². The second-order valence-corrected chi connectivity index (χ2v) is 8.54. The first-order valence-corrected chi connectivity index (χ1v) is 10.2. The first-order chi connectivity index (χ1) is 11.9. The third-order valence-electron chi connectivity index (χ3n) is 3.77. The van der Waals surface area contributed by atoms with Crippen LogP contribution >= 0.6 is 11.3 Å². The molecule has 0 atom stereocenters. The number of pyridine rings is 1. The molecule has 0 saturated heterocycles. The Morgan fingerprint density at radius 2 is 1.80 bits per heavy atom. The molecule has 1 N–H and O–H groups in total. The van der Waals surface area contributed by atoms with Crippen LogP contribution in [0.1, 0.15) is 21.7 Å². The van der Waals surface area contributed by atoms with Crippen molar-refractivity contribution in [3.8, 4) is 11.4 Å². The Balaban J connectivity index is 1.79. The number of hydrogen-bond acceptors (Lipinski definition) is 5. The van der Waals surface area contributed by atoms with Crippen LogP contribution < -0.4 is 4.72 Å². The molecule has 0 fully saturated rings. The summed E-state index contributed by atoms with van der Waals surface area (Å²) >= 11 is 1.41. The van der Waals surface area contributed by atoms with Gasteiger partial charge in [-0.3, -0.25) is 4.98 Å². The molecular formula is C18H19N3O2S2. The highest BCUT2D eigenvalue weighted by Crippen LogP contribution is 2.23. The molecule has 2 heterocycles. The zero-order chi connectivity index (χ0) is 18.0. The van der Waals surface area contributed by atoms with E-state index in [2.05, 4.69) is 14.7 Å². The topological polar surface area (TPSA) is 72.0 Å². The zero-order valence-corrected chi connectivity index (χ0v) is 15.9. The van der Waals surface area contributed by atoms with Crippen molar-refractivity contribution in [3.05, 3.63) is 63.6 Å². The van der Waals surface area contributed by atoms with Crippen molar-refractivity contribution in [2.45, 2.75) is 32.2 Å². The maximum Gasteiger partial charge on any atom is 0.241 e. The highest BCUT2D eigenvalue weighted by atomic mass is 32.2. The van der Waals surface area contributed by atoms with Crippen molar-refractivity contribution in [1.29, 1.82) is 0 Å². The van der Waals surface area contributed by atoms with Gasteiger partial charge in [0.25, 0.3) is 0 Å². The Hall–Kier alpha value is -2.09. The van der Waals surface area contributed by atoms with Crippen LogP contribution in [-0.2, 0) is 16.6 Å². The first kappa shape index (κ1) is 17.7. The van der Waals surface area contributed by atoms with Crippen LogP contribution in [0.25, 0.3) is 11.4 Å². The first-order valence-electron chi connectivity index (χ1n) is 7.80. The predicted molar refractivity (Wildman–Crippen MR) is 100 cm³/mol. The van der Waals surface area contributed by atoms with Crippen molar-refractivity contribution in [2.24, 2.45) is 0 Å². The smallest absolute Gasteiger partial charge is 0.241 e. The van der Waals surface area contributed by atoms with Crippen LogP contribution in [0.3, 0.4) is 0 Å². The van der Waals surface area contributed by atoms with Gasteiger partial charge in [0.2, 0.25) is 10.0 Å². The SMILES string of the molecule is Cc1cc(C)c(S(=O)(=O)NCc2nc(-c3ccccn3)cs2)c(C)c1. The van der Waals surface area contributed by atoms with Gasteiger partial charge in [-0.2, -0.15) is 0 Å². The van der Waals surface area contributed by atoms with Crippen LogP contribution in [-0.4, -0.2) is 18.4 Å². The Morgan fingerprint density at radius 1 is 1.08 bits per heavy atom. The summed E-state index contributed by atoms with van der Waals surface area (Å²) in [5.74, 6) is 0. The fourth-order valence-corrected chi connectivity index (χ4v) is 5.10. The van der Waals surface area contributed by atoms with E-state index in [0.717, 1.165) is 28.1 Å². The average Bonchev–Trinajstić information content (AvgIpc) is 3.02. The molecule has 0 radical (unpaired) electrons. The van der Waals surface area contributed by atoms with E-state index in [0.29, 0.717) is 9.90 Å². The quantitative estimate of drug-likeness (QED) is 0.741. The fourth-order valence-electron chi connectivity index (χ4n) is 2.84. The number of sulfonamides is 1. The summed E-state index contributed by atoms with van der Waals surface area (Å²) < 4.78 is 28.0. The molecule has 0 unspecified atom stereocenters. The molecule has 0 bridgehead atoms. The normalized spacial score (nSPS) is 11.6. The predicted octanol–water partition coefficient (Wildman–Crippen LogP) is 3.61. The van der Waals surface area contributed by atoms with Crippen LogP contribution in [0, 0.1) is 20.8 Å². The number of nitrogens with one attached hydrogen (secondary N) is 1. The number of thiazole rings is 1. The molecule has 0 aliphatic rings. The van der Waals surface area contributed by atoms with Gasteiger partial charge in [0.05, 0.1) is 22.8 Å². The van der Waals surface area contributed by atoms with Gasteiger partial charge < -0.3 is 0 Å². The molecule has 0 aliphatic carbocycles. The summed E-state index contributed by atoms with van der Waals surface area (Å²) in [7, 11) is -3.59. The zero-order valence-electron chi connectivity index (χ0n) is 14.3. The molecule has 2 aromatic heterocycles. The molecule has 3 aromatic rings. The second kappa shape index (κ2) is 7.03. The van der Waals surface area contributed by atoms with Gasteiger partial charge in [0.15, 0.2) is 0 Å². The van der Waals surface area contributed by atoms with Crippen molar-refractivity contribution >= 4 is 21.4 Å². The minimum atomic E-state index is -3.59. The lowest BCUT2D eigenvalue weighted by atomic mass is 10.1. The summed E-state index contributed by atoms with van der Waals surface area (Å²) in [6.45, 7) is 5.75. The van der Waals surface area contributed by atoms with Crippen LogP contribution in [0.4, 0.5) is 0 Å². The summed E-state index contributed by atoms with van der Waals surface area (Å²) in [6, 6.07) is 9.38. The van der Waals surface area contributed by atoms with Crippen LogP contribution in [0.2, 0.25) is 0 Å². The van der Waals surface area contributed by atoms with Gasteiger partial charge >= 0.3 is 0 Å². The van der Waals surface area contributed by atoms with E-state index in [1.54, 1.807) is 6.20 Å². The summed E-state index contributed by atoms with van der Waals surface area (Å²) in [4.78, 5) is 9.07. The molecular weight excluding hydrogens is 354 g/mol. The monoisotopic (exact) mass is 373 g/mol. The van der Waals surface area contributed by atoms with Gasteiger partial charge in [0.1, 0.15) is 5.01 Å². The third kappa shape index (κ3) is 3.95. The molecule has 130 valence electrons. The largest absolute Gasteiger partial charge is 0.255 e. The molecule has 5 nitrogen and oxygen atoms in total. The standard InChI is InChI=1S/C18H19N3O2S2/c1-12-8-13(2)18(14(3)9-12)25(22,23)20-10-17-21-16(11-24-17)15-6-4-5-7-19-15/h4-9,11,20H,10H2,1-3H3. The van der Waals surface area contributed by atoms with E-state index < -0.39 is 10.0 Å². The third-order valence-corrected chi connectivity index (χ3v) is 6.32. The highest BCUT2D eigenvalue weighted by molar-refractivity contribution is 7.89. The lowest BCUT2D eigenvalue weighted by molar-refractivity contribution is 0.580.